The highest BCUT2D eigenvalue weighted by atomic mass is 16.6. The Morgan fingerprint density at radius 1 is 0.833 bits per heavy atom. The summed E-state index contributed by atoms with van der Waals surface area (Å²) in [5.41, 5.74) is -0.316. The van der Waals surface area contributed by atoms with E-state index in [0.717, 1.165) is 5.56 Å². The highest BCUT2D eigenvalue weighted by Crippen LogP contribution is 2.48. The van der Waals surface area contributed by atoms with Crippen molar-refractivity contribution in [2.45, 2.75) is 31.5 Å². The quantitative estimate of drug-likeness (QED) is 0.627. The molecule has 0 spiro atoms. The normalized spacial score (nSPS) is 21.6. The van der Waals surface area contributed by atoms with Gasteiger partial charge in [0.25, 0.3) is 0 Å². The van der Waals surface area contributed by atoms with Crippen LogP contribution < -0.4 is 0 Å². The van der Waals surface area contributed by atoms with Gasteiger partial charge >= 0.3 is 0 Å². The van der Waals surface area contributed by atoms with Gasteiger partial charge in [-0.2, -0.15) is 0 Å². The van der Waals surface area contributed by atoms with Crippen LogP contribution in [0.4, 0.5) is 0 Å². The lowest BCUT2D eigenvalue weighted by molar-refractivity contribution is -0.204. The minimum absolute atomic E-state index is 0.220. The van der Waals surface area contributed by atoms with Gasteiger partial charge in [0.2, 0.25) is 0 Å². The highest BCUT2D eigenvalue weighted by molar-refractivity contribution is 6.14. The van der Waals surface area contributed by atoms with Crippen LogP contribution in [0.15, 0.2) is 60.7 Å². The summed E-state index contributed by atoms with van der Waals surface area (Å²) in [6.45, 7) is 2.67. The first kappa shape index (κ1) is 16.3. The molecule has 1 fully saturated rings. The van der Waals surface area contributed by atoms with E-state index in [1.165, 1.54) is 13.8 Å². The zero-order valence-electron chi connectivity index (χ0n) is 13.6. The maximum absolute atomic E-state index is 12.8. The Morgan fingerprint density at radius 2 is 1.33 bits per heavy atom. The Kier molecular flexibility index (Phi) is 4.16. The van der Waals surface area contributed by atoms with Gasteiger partial charge in [-0.15, -0.1) is 0 Å². The minimum Gasteiger partial charge on any atom is -0.346 e. The fourth-order valence-electron chi connectivity index (χ4n) is 3.38. The monoisotopic (exact) mass is 322 g/mol. The van der Waals surface area contributed by atoms with E-state index in [2.05, 4.69) is 0 Å². The fourth-order valence-corrected chi connectivity index (χ4v) is 3.38. The lowest BCUT2D eigenvalue weighted by Gasteiger charge is -2.51. The predicted molar refractivity (Wildman–Crippen MR) is 88.9 cm³/mol. The molecule has 0 bridgehead atoms. The second kappa shape index (κ2) is 6.13. The van der Waals surface area contributed by atoms with Crippen molar-refractivity contribution in [3.63, 3.8) is 0 Å². The standard InChI is InChI=1S/C20H18O4/c1-13(21)20(14(2)22)17(15-9-5-3-6-10-15)19(24-20)18(23)16-11-7-4-8-12-16/h3-12,17,19H,1-2H3/t17-,19+/m0/s1. The number of benzene rings is 2. The largest absolute Gasteiger partial charge is 0.346 e. The third-order valence-electron chi connectivity index (χ3n) is 4.58. The van der Waals surface area contributed by atoms with E-state index in [9.17, 15) is 14.4 Å². The van der Waals surface area contributed by atoms with Crippen LogP contribution in [0.3, 0.4) is 0 Å². The molecule has 0 N–H and O–H groups in total. The van der Waals surface area contributed by atoms with Crippen molar-refractivity contribution in [3.8, 4) is 0 Å². The zero-order chi connectivity index (χ0) is 17.3. The van der Waals surface area contributed by atoms with E-state index >= 15 is 0 Å². The molecule has 24 heavy (non-hydrogen) atoms. The molecule has 2 aromatic carbocycles. The number of ether oxygens (including phenoxy) is 1. The molecule has 0 unspecified atom stereocenters. The maximum Gasteiger partial charge on any atom is 0.194 e. The molecule has 3 rings (SSSR count). The molecule has 122 valence electrons. The van der Waals surface area contributed by atoms with Gasteiger partial charge in [0.15, 0.2) is 23.0 Å². The first-order chi connectivity index (χ1) is 11.5. The number of carbonyl (C=O) groups is 3. The molecule has 2 atom stereocenters. The van der Waals surface area contributed by atoms with Crippen LogP contribution in [0, 0.1) is 0 Å². The molecule has 4 nitrogen and oxygen atoms in total. The summed E-state index contributed by atoms with van der Waals surface area (Å²) in [6, 6.07) is 17.9. The van der Waals surface area contributed by atoms with Crippen LogP contribution >= 0.6 is 0 Å². The second-order valence-corrected chi connectivity index (χ2v) is 6.01. The number of hydrogen-bond donors (Lipinski definition) is 0. The highest BCUT2D eigenvalue weighted by Gasteiger charge is 2.64. The van der Waals surface area contributed by atoms with Crippen LogP contribution in [0.2, 0.25) is 0 Å². The van der Waals surface area contributed by atoms with Gasteiger partial charge in [-0.3, -0.25) is 14.4 Å². The number of hydrogen-bond acceptors (Lipinski definition) is 4. The molecule has 1 aliphatic heterocycles. The van der Waals surface area contributed by atoms with Crippen LogP contribution in [-0.4, -0.2) is 29.1 Å². The van der Waals surface area contributed by atoms with E-state index in [0.29, 0.717) is 5.56 Å². The molecule has 1 saturated heterocycles. The summed E-state index contributed by atoms with van der Waals surface area (Å²) in [5.74, 6) is -1.58. The summed E-state index contributed by atoms with van der Waals surface area (Å²) in [7, 11) is 0. The maximum atomic E-state index is 12.8. The van der Waals surface area contributed by atoms with Crippen molar-refractivity contribution in [3.05, 3.63) is 71.8 Å². The third-order valence-corrected chi connectivity index (χ3v) is 4.58. The average molecular weight is 322 g/mol. The van der Waals surface area contributed by atoms with Gasteiger partial charge in [0.05, 0.1) is 5.92 Å². The fraction of sp³-hybridized carbons (Fsp3) is 0.250. The van der Waals surface area contributed by atoms with E-state index in [4.69, 9.17) is 4.74 Å². The minimum atomic E-state index is -1.57. The molecular formula is C20H18O4. The number of rotatable bonds is 5. The van der Waals surface area contributed by atoms with Gasteiger partial charge in [0, 0.05) is 5.56 Å². The molecule has 0 radical (unpaired) electrons. The second-order valence-electron chi connectivity index (χ2n) is 6.01. The Morgan fingerprint density at radius 3 is 1.83 bits per heavy atom. The van der Waals surface area contributed by atoms with E-state index in [-0.39, 0.29) is 17.3 Å². The first-order valence-corrected chi connectivity index (χ1v) is 7.82. The summed E-state index contributed by atoms with van der Waals surface area (Å²) in [6.07, 6.45) is -0.845. The molecule has 1 aliphatic rings. The van der Waals surface area contributed by atoms with Crippen molar-refractivity contribution in [2.24, 2.45) is 0 Å². The molecule has 0 aliphatic carbocycles. The van der Waals surface area contributed by atoms with Gasteiger partial charge in [0.1, 0.15) is 6.10 Å². The Balaban J connectivity index is 2.04. The molecule has 2 aromatic rings. The smallest absolute Gasteiger partial charge is 0.194 e. The lowest BCUT2D eigenvalue weighted by atomic mass is 9.67. The van der Waals surface area contributed by atoms with E-state index < -0.39 is 17.6 Å². The molecule has 0 saturated carbocycles. The summed E-state index contributed by atoms with van der Waals surface area (Å²) in [4.78, 5) is 37.2. The summed E-state index contributed by atoms with van der Waals surface area (Å²) < 4.78 is 5.68. The molecule has 0 aromatic heterocycles. The number of ketones is 3. The number of carbonyl (C=O) groups excluding carboxylic acids is 3. The van der Waals surface area contributed by atoms with E-state index in [1.807, 2.05) is 36.4 Å². The van der Waals surface area contributed by atoms with Gasteiger partial charge in [-0.1, -0.05) is 60.7 Å². The number of Topliss-reactive ketones (excluding diaryl/α,β-unsaturated/α-hetero) is 3. The van der Waals surface area contributed by atoms with E-state index in [1.54, 1.807) is 24.3 Å². The molecular weight excluding hydrogens is 304 g/mol. The van der Waals surface area contributed by atoms with Gasteiger partial charge < -0.3 is 4.74 Å². The Hall–Kier alpha value is -2.59. The average Bonchev–Trinajstić information content (AvgIpc) is 2.55. The van der Waals surface area contributed by atoms with Crippen LogP contribution in [0.1, 0.15) is 35.7 Å². The third kappa shape index (κ3) is 2.39. The van der Waals surface area contributed by atoms with Crippen LogP contribution in [0.25, 0.3) is 0 Å². The van der Waals surface area contributed by atoms with Crippen molar-refractivity contribution >= 4 is 17.3 Å². The van der Waals surface area contributed by atoms with Crippen LogP contribution in [-0.2, 0) is 14.3 Å². The summed E-state index contributed by atoms with van der Waals surface area (Å²) in [5, 5.41) is 0. The van der Waals surface area contributed by atoms with Crippen LogP contribution in [0.5, 0.6) is 0 Å². The lowest BCUT2D eigenvalue weighted by Crippen LogP contribution is -2.68. The molecule has 4 heteroatoms. The SMILES string of the molecule is CC(=O)C1(C(C)=O)O[C@@H](C(=O)c2ccccc2)[C@@H]1c1ccccc1. The Labute approximate surface area is 140 Å². The van der Waals surface area contributed by atoms with Crippen molar-refractivity contribution in [1.29, 1.82) is 0 Å². The van der Waals surface area contributed by atoms with Gasteiger partial charge in [-0.25, -0.2) is 0 Å². The van der Waals surface area contributed by atoms with Crippen molar-refractivity contribution in [1.82, 2.24) is 0 Å². The zero-order valence-corrected chi connectivity index (χ0v) is 13.6. The van der Waals surface area contributed by atoms with Crippen molar-refractivity contribution < 1.29 is 19.1 Å². The molecule has 1 heterocycles. The topological polar surface area (TPSA) is 60.4 Å². The first-order valence-electron chi connectivity index (χ1n) is 7.82. The van der Waals surface area contributed by atoms with Gasteiger partial charge in [-0.05, 0) is 19.4 Å². The Bertz CT molecular complexity index is 766. The predicted octanol–water partition coefficient (Wildman–Crippen LogP) is 2.97. The molecule has 0 amide bonds. The summed E-state index contributed by atoms with van der Waals surface area (Å²) >= 11 is 0. The van der Waals surface area contributed by atoms with Crippen molar-refractivity contribution in [2.75, 3.05) is 0 Å².